The number of piperazine rings is 1. The molecule has 1 aliphatic heterocycles. The number of hydrogen-bond donors (Lipinski definition) is 1. The van der Waals surface area contributed by atoms with Crippen LogP contribution in [0.15, 0.2) is 48.5 Å². The molecule has 0 radical (unpaired) electrons. The normalized spacial score (nSPS) is 15.5. The topological polar surface area (TPSA) is 44.8 Å². The lowest BCUT2D eigenvalue weighted by Crippen LogP contribution is -2.49. The molecule has 0 spiro atoms. The van der Waals surface area contributed by atoms with Gasteiger partial charge in [0.25, 0.3) is 0 Å². The van der Waals surface area contributed by atoms with Gasteiger partial charge in [-0.25, -0.2) is 8.78 Å². The number of rotatable bonds is 7. The highest BCUT2D eigenvalue weighted by molar-refractivity contribution is 5.92. The molecular formula is C20H23F2N3O2. The van der Waals surface area contributed by atoms with E-state index in [1.54, 1.807) is 30.3 Å². The highest BCUT2D eigenvalue weighted by atomic mass is 19.1. The van der Waals surface area contributed by atoms with Crippen molar-refractivity contribution in [3.8, 4) is 5.75 Å². The van der Waals surface area contributed by atoms with Crippen molar-refractivity contribution in [2.75, 3.05) is 51.2 Å². The number of ether oxygens (including phenoxy) is 1. The lowest BCUT2D eigenvalue weighted by Gasteiger charge is -2.34. The Morgan fingerprint density at radius 3 is 2.33 bits per heavy atom. The fourth-order valence-electron chi connectivity index (χ4n) is 2.95. The van der Waals surface area contributed by atoms with E-state index in [4.69, 9.17) is 4.74 Å². The van der Waals surface area contributed by atoms with Gasteiger partial charge in [-0.05, 0) is 36.4 Å². The molecule has 1 heterocycles. The number of nitrogens with zero attached hydrogens (tertiary/aromatic N) is 2. The Morgan fingerprint density at radius 2 is 1.63 bits per heavy atom. The van der Waals surface area contributed by atoms with Crippen molar-refractivity contribution in [1.29, 1.82) is 0 Å². The monoisotopic (exact) mass is 375 g/mol. The number of carbonyl (C=O) groups excluding carboxylic acids is 1. The van der Waals surface area contributed by atoms with Gasteiger partial charge in [-0.15, -0.1) is 0 Å². The molecule has 144 valence electrons. The van der Waals surface area contributed by atoms with Gasteiger partial charge in [0.15, 0.2) is 11.6 Å². The second-order valence-electron chi connectivity index (χ2n) is 6.45. The number of benzene rings is 2. The number of para-hydroxylation sites is 1. The Labute approximate surface area is 157 Å². The maximum absolute atomic E-state index is 13.5. The molecule has 5 nitrogen and oxygen atoms in total. The molecule has 1 aliphatic rings. The third kappa shape index (κ3) is 6.01. The molecule has 2 aromatic carbocycles. The third-order valence-corrected chi connectivity index (χ3v) is 4.46. The van der Waals surface area contributed by atoms with Crippen LogP contribution in [0.4, 0.5) is 14.5 Å². The first-order valence-electron chi connectivity index (χ1n) is 8.97. The van der Waals surface area contributed by atoms with Gasteiger partial charge in [0.2, 0.25) is 5.91 Å². The van der Waals surface area contributed by atoms with Crippen molar-refractivity contribution in [2.45, 2.75) is 0 Å². The van der Waals surface area contributed by atoms with Gasteiger partial charge in [0.05, 0.1) is 6.54 Å². The average Bonchev–Trinajstić information content (AvgIpc) is 2.66. The zero-order valence-corrected chi connectivity index (χ0v) is 15.0. The first-order chi connectivity index (χ1) is 13.1. The molecule has 7 heteroatoms. The van der Waals surface area contributed by atoms with Crippen molar-refractivity contribution in [3.63, 3.8) is 0 Å². The van der Waals surface area contributed by atoms with E-state index in [2.05, 4.69) is 15.1 Å². The van der Waals surface area contributed by atoms with Gasteiger partial charge in [0, 0.05) is 38.4 Å². The summed E-state index contributed by atoms with van der Waals surface area (Å²) in [6.45, 7) is 4.63. The van der Waals surface area contributed by atoms with Crippen LogP contribution in [0.3, 0.4) is 0 Å². The van der Waals surface area contributed by atoms with E-state index in [1.165, 1.54) is 18.2 Å². The highest BCUT2D eigenvalue weighted by Crippen LogP contribution is 2.15. The molecule has 0 bridgehead atoms. The maximum atomic E-state index is 13.5. The molecule has 1 N–H and O–H groups in total. The summed E-state index contributed by atoms with van der Waals surface area (Å²) in [5.74, 6) is -0.524. The first-order valence-corrected chi connectivity index (χ1v) is 8.97. The summed E-state index contributed by atoms with van der Waals surface area (Å²) in [4.78, 5) is 16.4. The number of hydrogen-bond acceptors (Lipinski definition) is 4. The second kappa shape index (κ2) is 9.43. The van der Waals surface area contributed by atoms with Crippen molar-refractivity contribution in [1.82, 2.24) is 9.80 Å². The lowest BCUT2D eigenvalue weighted by atomic mass is 10.3. The minimum absolute atomic E-state index is 0.113. The van der Waals surface area contributed by atoms with E-state index >= 15 is 0 Å². The predicted molar refractivity (Wildman–Crippen MR) is 99.8 cm³/mol. The molecule has 2 aromatic rings. The minimum Gasteiger partial charge on any atom is -0.489 e. The summed E-state index contributed by atoms with van der Waals surface area (Å²) in [6, 6.07) is 12.1. The van der Waals surface area contributed by atoms with Gasteiger partial charge in [-0.2, -0.15) is 0 Å². The standard InChI is InChI=1S/C20H23F2N3O2/c21-16-5-7-17(8-6-16)23-20(26)15-25-11-9-24(10-12-25)13-14-27-19-4-2-1-3-18(19)22/h1-8H,9-15H2,(H,23,26). The van der Waals surface area contributed by atoms with Crippen LogP contribution in [0.5, 0.6) is 5.75 Å². The quantitative estimate of drug-likeness (QED) is 0.808. The molecule has 0 atom stereocenters. The Morgan fingerprint density at radius 1 is 0.963 bits per heavy atom. The van der Waals surface area contributed by atoms with E-state index in [1.807, 2.05) is 0 Å². The van der Waals surface area contributed by atoms with Crippen LogP contribution in [0.25, 0.3) is 0 Å². The summed E-state index contributed by atoms with van der Waals surface area (Å²) in [5.41, 5.74) is 0.588. The van der Waals surface area contributed by atoms with Crippen LogP contribution < -0.4 is 10.1 Å². The minimum atomic E-state index is -0.352. The molecule has 0 aromatic heterocycles. The fraction of sp³-hybridized carbons (Fsp3) is 0.350. The molecule has 0 aliphatic carbocycles. The summed E-state index contributed by atoms with van der Waals surface area (Å²) >= 11 is 0. The van der Waals surface area contributed by atoms with Crippen LogP contribution >= 0.6 is 0 Å². The van der Waals surface area contributed by atoms with Gasteiger partial charge < -0.3 is 10.1 Å². The number of anilines is 1. The number of nitrogens with one attached hydrogen (secondary N) is 1. The highest BCUT2D eigenvalue weighted by Gasteiger charge is 2.19. The molecular weight excluding hydrogens is 352 g/mol. The van der Waals surface area contributed by atoms with Gasteiger partial charge in [0.1, 0.15) is 12.4 Å². The summed E-state index contributed by atoms with van der Waals surface area (Å²) in [7, 11) is 0. The zero-order chi connectivity index (χ0) is 19.1. The lowest BCUT2D eigenvalue weighted by molar-refractivity contribution is -0.117. The Hall–Kier alpha value is -2.51. The van der Waals surface area contributed by atoms with E-state index < -0.39 is 0 Å². The molecule has 1 fully saturated rings. The van der Waals surface area contributed by atoms with E-state index in [0.29, 0.717) is 25.4 Å². The fourth-order valence-corrected chi connectivity index (χ4v) is 2.95. The maximum Gasteiger partial charge on any atom is 0.238 e. The van der Waals surface area contributed by atoms with Gasteiger partial charge in [-0.1, -0.05) is 12.1 Å². The van der Waals surface area contributed by atoms with Crippen LogP contribution in [0, 0.1) is 11.6 Å². The van der Waals surface area contributed by atoms with Crippen LogP contribution in [0.1, 0.15) is 0 Å². The van der Waals surface area contributed by atoms with Crippen LogP contribution in [0.2, 0.25) is 0 Å². The van der Waals surface area contributed by atoms with Gasteiger partial charge in [-0.3, -0.25) is 14.6 Å². The third-order valence-electron chi connectivity index (χ3n) is 4.46. The van der Waals surface area contributed by atoms with E-state index in [0.717, 1.165) is 26.2 Å². The zero-order valence-electron chi connectivity index (χ0n) is 15.0. The Balaban J connectivity index is 1.34. The first kappa shape index (κ1) is 19.3. The average molecular weight is 375 g/mol. The van der Waals surface area contributed by atoms with Crippen LogP contribution in [-0.2, 0) is 4.79 Å². The van der Waals surface area contributed by atoms with Crippen LogP contribution in [-0.4, -0.2) is 61.6 Å². The molecule has 3 rings (SSSR count). The van der Waals surface area contributed by atoms with E-state index in [-0.39, 0.29) is 23.3 Å². The van der Waals surface area contributed by atoms with Crippen molar-refractivity contribution in [2.24, 2.45) is 0 Å². The van der Waals surface area contributed by atoms with Gasteiger partial charge >= 0.3 is 0 Å². The SMILES string of the molecule is O=C(CN1CCN(CCOc2ccccc2F)CC1)Nc1ccc(F)cc1. The van der Waals surface area contributed by atoms with Crippen molar-refractivity contribution >= 4 is 11.6 Å². The molecule has 1 amide bonds. The Bertz CT molecular complexity index is 747. The van der Waals surface area contributed by atoms with Crippen molar-refractivity contribution in [3.05, 3.63) is 60.2 Å². The summed E-state index contributed by atoms with van der Waals surface area (Å²) < 4.78 is 31.9. The Kier molecular flexibility index (Phi) is 6.73. The molecule has 1 saturated heterocycles. The predicted octanol–water partition coefficient (Wildman–Crippen LogP) is 2.60. The van der Waals surface area contributed by atoms with Crippen molar-refractivity contribution < 1.29 is 18.3 Å². The number of halogens is 2. The second-order valence-corrected chi connectivity index (χ2v) is 6.45. The molecule has 27 heavy (non-hydrogen) atoms. The largest absolute Gasteiger partial charge is 0.489 e. The molecule has 0 unspecified atom stereocenters. The summed E-state index contributed by atoms with van der Waals surface area (Å²) in [6.07, 6.45) is 0. The summed E-state index contributed by atoms with van der Waals surface area (Å²) in [5, 5.41) is 2.77. The smallest absolute Gasteiger partial charge is 0.238 e. The molecule has 0 saturated carbocycles. The van der Waals surface area contributed by atoms with E-state index in [9.17, 15) is 13.6 Å². The number of carbonyl (C=O) groups is 1. The number of amides is 1.